The van der Waals surface area contributed by atoms with Gasteiger partial charge in [0.25, 0.3) is 5.91 Å². The van der Waals surface area contributed by atoms with Crippen LogP contribution in [0.15, 0.2) is 18.2 Å². The number of benzene rings is 1. The monoisotopic (exact) mass is 405 g/mol. The molecule has 1 fully saturated rings. The van der Waals surface area contributed by atoms with Crippen LogP contribution in [0.2, 0.25) is 0 Å². The van der Waals surface area contributed by atoms with Crippen molar-refractivity contribution in [3.05, 3.63) is 34.6 Å². The average Bonchev–Trinajstić information content (AvgIpc) is 3.10. The zero-order chi connectivity index (χ0) is 20.3. The van der Waals surface area contributed by atoms with Gasteiger partial charge in [-0.3, -0.25) is 4.79 Å². The molecule has 5 nitrogen and oxygen atoms in total. The zero-order valence-corrected chi connectivity index (χ0v) is 17.8. The second kappa shape index (κ2) is 9.01. The van der Waals surface area contributed by atoms with Gasteiger partial charge in [0, 0.05) is 19.1 Å². The molecule has 2 heterocycles. The van der Waals surface area contributed by atoms with Gasteiger partial charge in [0.15, 0.2) is 0 Å². The number of likely N-dealkylation sites (tertiary alicyclic amines) is 1. The van der Waals surface area contributed by atoms with Crippen LogP contribution in [0.3, 0.4) is 0 Å². The molecule has 1 saturated heterocycles. The summed E-state index contributed by atoms with van der Waals surface area (Å²) in [5, 5.41) is 0.607. The van der Waals surface area contributed by atoms with Crippen LogP contribution in [-0.4, -0.2) is 60.0 Å². The largest absolute Gasteiger partial charge is 0.496 e. The van der Waals surface area contributed by atoms with E-state index >= 15 is 0 Å². The highest BCUT2D eigenvalue weighted by atomic mass is 32.1. The number of carbonyl (C=O) groups excluding carboxylic acids is 1. The number of carbonyl (C=O) groups is 1. The van der Waals surface area contributed by atoms with Crippen LogP contribution in [0.1, 0.15) is 42.1 Å². The van der Waals surface area contributed by atoms with Gasteiger partial charge in [-0.05, 0) is 51.1 Å². The van der Waals surface area contributed by atoms with Crippen LogP contribution < -0.4 is 4.74 Å². The standard InChI is InChI=1S/C21H28FN3O2S/c1-5-24(6-2)16-9-11-25(12-10-16)21(26)19-14(3)23-20(28-19)17-13-15(22)7-8-18(17)27-4/h7-8,13,16H,5-6,9-12H2,1-4H3. The number of hydrogen-bond acceptors (Lipinski definition) is 5. The first-order valence-electron chi connectivity index (χ1n) is 9.83. The topological polar surface area (TPSA) is 45.7 Å². The van der Waals surface area contributed by atoms with Gasteiger partial charge in [0.05, 0.1) is 18.4 Å². The number of ether oxygens (including phenoxy) is 1. The van der Waals surface area contributed by atoms with Crippen LogP contribution >= 0.6 is 11.3 Å². The zero-order valence-electron chi connectivity index (χ0n) is 17.0. The van der Waals surface area contributed by atoms with Gasteiger partial charge in [-0.1, -0.05) is 13.8 Å². The van der Waals surface area contributed by atoms with E-state index in [-0.39, 0.29) is 11.7 Å². The minimum atomic E-state index is -0.352. The predicted molar refractivity (Wildman–Crippen MR) is 111 cm³/mol. The summed E-state index contributed by atoms with van der Waals surface area (Å²) < 4.78 is 19.1. The Balaban J connectivity index is 1.77. The number of aromatic nitrogens is 1. The van der Waals surface area contributed by atoms with Crippen molar-refractivity contribution in [2.75, 3.05) is 33.3 Å². The highest BCUT2D eigenvalue weighted by Gasteiger charge is 2.28. The molecule has 0 unspecified atom stereocenters. The molecule has 3 rings (SSSR count). The third-order valence-corrected chi connectivity index (χ3v) is 6.64. The van der Waals surface area contributed by atoms with Crippen molar-refractivity contribution >= 4 is 17.2 Å². The summed E-state index contributed by atoms with van der Waals surface area (Å²) >= 11 is 1.31. The first-order chi connectivity index (χ1) is 13.5. The van der Waals surface area contributed by atoms with Crippen LogP contribution in [0, 0.1) is 12.7 Å². The molecule has 7 heteroatoms. The van der Waals surface area contributed by atoms with E-state index in [1.54, 1.807) is 13.2 Å². The fourth-order valence-corrected chi connectivity index (χ4v) is 4.93. The molecule has 0 radical (unpaired) electrons. The summed E-state index contributed by atoms with van der Waals surface area (Å²) in [7, 11) is 1.54. The number of rotatable bonds is 6. The second-order valence-electron chi connectivity index (χ2n) is 7.02. The summed E-state index contributed by atoms with van der Waals surface area (Å²) in [5.74, 6) is 0.221. The molecule has 0 aliphatic carbocycles. The Kier molecular flexibility index (Phi) is 6.67. The Labute approximate surface area is 170 Å². The Morgan fingerprint density at radius 3 is 2.61 bits per heavy atom. The van der Waals surface area contributed by atoms with Crippen LogP contribution in [-0.2, 0) is 0 Å². The quantitative estimate of drug-likeness (QED) is 0.722. The molecule has 0 spiro atoms. The Bertz CT molecular complexity index is 827. The third-order valence-electron chi connectivity index (χ3n) is 5.46. The molecule has 2 aromatic rings. The molecule has 1 aliphatic heterocycles. The summed E-state index contributed by atoms with van der Waals surface area (Å²) in [4.78, 5) is 22.6. The molecule has 1 aromatic carbocycles. The van der Waals surface area contributed by atoms with E-state index in [0.29, 0.717) is 32.9 Å². The van der Waals surface area contributed by atoms with Crippen molar-refractivity contribution in [2.45, 2.75) is 39.7 Å². The lowest BCUT2D eigenvalue weighted by atomic mass is 10.0. The van der Waals surface area contributed by atoms with Gasteiger partial charge in [0.1, 0.15) is 21.5 Å². The number of thiazole rings is 1. The highest BCUT2D eigenvalue weighted by molar-refractivity contribution is 7.17. The number of amides is 1. The fraction of sp³-hybridized carbons (Fsp3) is 0.524. The number of piperidine rings is 1. The van der Waals surface area contributed by atoms with Crippen molar-refractivity contribution < 1.29 is 13.9 Å². The molecule has 28 heavy (non-hydrogen) atoms. The molecule has 1 aliphatic rings. The lowest BCUT2D eigenvalue weighted by Crippen LogP contribution is -2.46. The molecular formula is C21H28FN3O2S. The normalized spacial score (nSPS) is 15.3. The highest BCUT2D eigenvalue weighted by Crippen LogP contribution is 2.35. The maximum atomic E-state index is 13.7. The Morgan fingerprint density at radius 1 is 1.32 bits per heavy atom. The third kappa shape index (κ3) is 4.20. The smallest absolute Gasteiger partial charge is 0.265 e. The maximum Gasteiger partial charge on any atom is 0.265 e. The summed E-state index contributed by atoms with van der Waals surface area (Å²) in [6.45, 7) is 9.81. The molecule has 152 valence electrons. The lowest BCUT2D eigenvalue weighted by Gasteiger charge is -2.37. The molecule has 0 saturated carbocycles. The molecule has 0 N–H and O–H groups in total. The van der Waals surface area contributed by atoms with E-state index in [0.717, 1.165) is 39.0 Å². The molecule has 1 aromatic heterocycles. The van der Waals surface area contributed by atoms with E-state index in [2.05, 4.69) is 23.7 Å². The Morgan fingerprint density at radius 2 is 2.00 bits per heavy atom. The minimum Gasteiger partial charge on any atom is -0.496 e. The first kappa shape index (κ1) is 20.7. The van der Waals surface area contributed by atoms with E-state index in [1.165, 1.54) is 23.5 Å². The van der Waals surface area contributed by atoms with Crippen molar-refractivity contribution in [3.63, 3.8) is 0 Å². The van der Waals surface area contributed by atoms with Gasteiger partial charge in [0.2, 0.25) is 0 Å². The van der Waals surface area contributed by atoms with Gasteiger partial charge in [-0.25, -0.2) is 9.37 Å². The van der Waals surface area contributed by atoms with E-state index in [1.807, 2.05) is 11.8 Å². The molecule has 0 bridgehead atoms. The average molecular weight is 406 g/mol. The van der Waals surface area contributed by atoms with Crippen LogP contribution in [0.4, 0.5) is 4.39 Å². The summed E-state index contributed by atoms with van der Waals surface area (Å²) in [6, 6.07) is 4.89. The van der Waals surface area contributed by atoms with E-state index < -0.39 is 0 Å². The molecular weight excluding hydrogens is 377 g/mol. The SMILES string of the molecule is CCN(CC)C1CCN(C(=O)c2sc(-c3cc(F)ccc3OC)nc2C)CC1. The van der Waals surface area contributed by atoms with E-state index in [9.17, 15) is 9.18 Å². The second-order valence-corrected chi connectivity index (χ2v) is 8.02. The maximum absolute atomic E-state index is 13.7. The fourth-order valence-electron chi connectivity index (χ4n) is 3.88. The van der Waals surface area contributed by atoms with Gasteiger partial charge in [-0.2, -0.15) is 0 Å². The van der Waals surface area contributed by atoms with Crippen molar-refractivity contribution in [2.24, 2.45) is 0 Å². The van der Waals surface area contributed by atoms with E-state index in [4.69, 9.17) is 4.74 Å². The first-order valence-corrected chi connectivity index (χ1v) is 10.6. The number of halogens is 1. The van der Waals surface area contributed by atoms with Gasteiger partial charge < -0.3 is 14.5 Å². The lowest BCUT2D eigenvalue weighted by molar-refractivity contribution is 0.0635. The van der Waals surface area contributed by atoms with Crippen LogP contribution in [0.5, 0.6) is 5.75 Å². The molecule has 0 atom stereocenters. The van der Waals surface area contributed by atoms with Crippen molar-refractivity contribution in [1.29, 1.82) is 0 Å². The number of methoxy groups -OCH3 is 1. The number of hydrogen-bond donors (Lipinski definition) is 0. The van der Waals surface area contributed by atoms with Crippen LogP contribution in [0.25, 0.3) is 10.6 Å². The Hall–Kier alpha value is -1.99. The predicted octanol–water partition coefficient (Wildman–Crippen LogP) is 4.21. The van der Waals surface area contributed by atoms with Crippen molar-refractivity contribution in [3.8, 4) is 16.3 Å². The summed E-state index contributed by atoms with van der Waals surface area (Å²) in [6.07, 6.45) is 1.99. The number of aryl methyl sites for hydroxylation is 1. The van der Waals surface area contributed by atoms with Crippen molar-refractivity contribution in [1.82, 2.24) is 14.8 Å². The number of nitrogens with zero attached hydrogens (tertiary/aromatic N) is 3. The van der Waals surface area contributed by atoms with Gasteiger partial charge >= 0.3 is 0 Å². The van der Waals surface area contributed by atoms with Gasteiger partial charge in [-0.15, -0.1) is 11.3 Å². The summed E-state index contributed by atoms with van der Waals surface area (Å²) in [5.41, 5.74) is 1.26. The minimum absolute atomic E-state index is 0.0228. The molecule has 1 amide bonds.